The second kappa shape index (κ2) is 11.8. The first-order valence-electron chi connectivity index (χ1n) is 12.0. The Morgan fingerprint density at radius 1 is 1.09 bits per heavy atom. The summed E-state index contributed by atoms with van der Waals surface area (Å²) in [6, 6.07) is 15.5. The third-order valence-electron chi connectivity index (χ3n) is 6.48. The molecule has 8 heteroatoms. The van der Waals surface area contributed by atoms with Crippen molar-refractivity contribution in [1.82, 2.24) is 19.8 Å². The van der Waals surface area contributed by atoms with Crippen LogP contribution in [0.5, 0.6) is 0 Å². The summed E-state index contributed by atoms with van der Waals surface area (Å²) < 4.78 is 2.05. The molecule has 0 spiro atoms. The van der Waals surface area contributed by atoms with E-state index in [1.165, 1.54) is 12.8 Å². The van der Waals surface area contributed by atoms with E-state index in [2.05, 4.69) is 21.3 Å². The van der Waals surface area contributed by atoms with Gasteiger partial charge in [0, 0.05) is 24.5 Å². The molecule has 0 aliphatic carbocycles. The molecule has 1 saturated heterocycles. The van der Waals surface area contributed by atoms with Gasteiger partial charge in [-0.15, -0.1) is 0 Å². The lowest BCUT2D eigenvalue weighted by molar-refractivity contribution is -0.121. The summed E-state index contributed by atoms with van der Waals surface area (Å²) in [7, 11) is 0. The number of nitrogens with zero attached hydrogens (tertiary/aromatic N) is 2. The first-order valence-corrected chi connectivity index (χ1v) is 12.8. The number of H-pyrrole nitrogens is 1. The molecule has 3 aromatic rings. The van der Waals surface area contributed by atoms with Crippen molar-refractivity contribution in [2.24, 2.45) is 0 Å². The lowest BCUT2D eigenvalue weighted by Gasteiger charge is -2.28. The number of fused-ring (bicyclic) bond motifs is 1. The highest BCUT2D eigenvalue weighted by molar-refractivity contribution is 7.71. The minimum Gasteiger partial charge on any atom is -0.354 e. The molecule has 4 rings (SSSR count). The fourth-order valence-corrected chi connectivity index (χ4v) is 5.14. The fraction of sp³-hybridized carbons (Fsp3) is 0.423. The van der Waals surface area contributed by atoms with Gasteiger partial charge >= 0.3 is 0 Å². The Bertz CT molecular complexity index is 1250. The lowest BCUT2D eigenvalue weighted by Crippen LogP contribution is -2.36. The molecular formula is C26H31ClN4O2S. The number of hydrogen-bond acceptors (Lipinski definition) is 4. The molecule has 180 valence electrons. The van der Waals surface area contributed by atoms with E-state index >= 15 is 0 Å². The van der Waals surface area contributed by atoms with Crippen LogP contribution in [-0.2, 0) is 11.3 Å². The third kappa shape index (κ3) is 6.14. The molecule has 1 aliphatic heterocycles. The predicted octanol–water partition coefficient (Wildman–Crippen LogP) is 5.23. The molecule has 1 aromatic heterocycles. The van der Waals surface area contributed by atoms with Crippen molar-refractivity contribution in [2.45, 2.75) is 51.1 Å². The Kier molecular flexibility index (Phi) is 8.53. The summed E-state index contributed by atoms with van der Waals surface area (Å²) in [4.78, 5) is 30.8. The van der Waals surface area contributed by atoms with Gasteiger partial charge in [-0.25, -0.2) is 0 Å². The van der Waals surface area contributed by atoms with Crippen LogP contribution in [0.1, 0.15) is 50.1 Å². The number of hydrogen-bond donors (Lipinski definition) is 2. The minimum atomic E-state index is -0.0638. The smallest absolute Gasteiger partial charge is 0.262 e. The Hall–Kier alpha value is -2.48. The zero-order valence-electron chi connectivity index (χ0n) is 19.3. The van der Waals surface area contributed by atoms with Crippen molar-refractivity contribution in [1.29, 1.82) is 0 Å². The molecule has 2 aromatic carbocycles. The molecule has 34 heavy (non-hydrogen) atoms. The average molecular weight is 499 g/mol. The zero-order chi connectivity index (χ0) is 23.9. The van der Waals surface area contributed by atoms with E-state index in [-0.39, 0.29) is 17.5 Å². The Morgan fingerprint density at radius 2 is 1.88 bits per heavy atom. The van der Waals surface area contributed by atoms with Gasteiger partial charge in [-0.1, -0.05) is 42.3 Å². The number of likely N-dealkylation sites (tertiary alicyclic amines) is 1. The van der Waals surface area contributed by atoms with Gasteiger partial charge in [0.15, 0.2) is 4.77 Å². The maximum Gasteiger partial charge on any atom is 0.262 e. The zero-order valence-corrected chi connectivity index (χ0v) is 20.8. The van der Waals surface area contributed by atoms with E-state index in [9.17, 15) is 9.59 Å². The molecule has 1 fully saturated rings. The summed E-state index contributed by atoms with van der Waals surface area (Å²) in [6.45, 7) is 3.22. The standard InChI is InChI=1S/C26H31ClN4O2S/c27-20-10-8-9-19(17-20)23(30-14-6-7-15-30)18-28-24(32)13-2-1-5-16-31-25(33)21-11-3-4-12-22(21)29-26(31)34/h3-4,8-12,17,23H,1-2,5-7,13-16,18H2,(H,28,32)(H,29,34). The van der Waals surface area contributed by atoms with Gasteiger partial charge in [-0.05, 0) is 80.8 Å². The highest BCUT2D eigenvalue weighted by Crippen LogP contribution is 2.26. The topological polar surface area (TPSA) is 70.1 Å². The SMILES string of the molecule is O=C(CCCCCn1c(=S)[nH]c2ccccc2c1=O)NCC(c1cccc(Cl)c1)N1CCCC1. The average Bonchev–Trinajstić information content (AvgIpc) is 3.35. The molecule has 0 bridgehead atoms. The molecule has 0 saturated carbocycles. The van der Waals surface area contributed by atoms with Crippen molar-refractivity contribution in [3.05, 3.63) is 74.2 Å². The number of aromatic amines is 1. The molecular weight excluding hydrogens is 468 g/mol. The van der Waals surface area contributed by atoms with Crippen LogP contribution in [0.25, 0.3) is 10.9 Å². The Balaban J connectivity index is 1.25. The molecule has 1 aliphatic rings. The maximum atomic E-state index is 12.7. The third-order valence-corrected chi connectivity index (χ3v) is 7.04. The largest absolute Gasteiger partial charge is 0.354 e. The lowest BCUT2D eigenvalue weighted by atomic mass is 10.1. The number of unbranched alkanes of at least 4 members (excludes halogenated alkanes) is 2. The second-order valence-electron chi connectivity index (χ2n) is 8.86. The van der Waals surface area contributed by atoms with Crippen molar-refractivity contribution < 1.29 is 4.79 Å². The molecule has 2 N–H and O–H groups in total. The van der Waals surface area contributed by atoms with Crippen LogP contribution in [0.15, 0.2) is 53.3 Å². The summed E-state index contributed by atoms with van der Waals surface area (Å²) in [5.74, 6) is 0.0615. The first-order chi connectivity index (χ1) is 16.5. The van der Waals surface area contributed by atoms with Crippen LogP contribution >= 0.6 is 23.8 Å². The van der Waals surface area contributed by atoms with E-state index in [1.807, 2.05) is 42.5 Å². The van der Waals surface area contributed by atoms with Crippen LogP contribution in [0.3, 0.4) is 0 Å². The van der Waals surface area contributed by atoms with Crippen LogP contribution in [-0.4, -0.2) is 40.0 Å². The number of nitrogens with one attached hydrogen (secondary N) is 2. The number of carbonyl (C=O) groups is 1. The van der Waals surface area contributed by atoms with E-state index in [4.69, 9.17) is 23.8 Å². The predicted molar refractivity (Wildman–Crippen MR) is 140 cm³/mol. The van der Waals surface area contributed by atoms with Crippen LogP contribution in [0, 0.1) is 4.77 Å². The molecule has 0 radical (unpaired) electrons. The quantitative estimate of drug-likeness (QED) is 0.297. The van der Waals surface area contributed by atoms with E-state index in [0.717, 1.165) is 48.5 Å². The van der Waals surface area contributed by atoms with Gasteiger partial charge in [0.1, 0.15) is 0 Å². The maximum absolute atomic E-state index is 12.7. The van der Waals surface area contributed by atoms with Gasteiger partial charge in [-0.3, -0.25) is 19.1 Å². The van der Waals surface area contributed by atoms with E-state index < -0.39 is 0 Å². The number of amides is 1. The highest BCUT2D eigenvalue weighted by atomic mass is 35.5. The Labute approximate surface area is 209 Å². The second-order valence-corrected chi connectivity index (χ2v) is 9.68. The molecule has 6 nitrogen and oxygen atoms in total. The van der Waals surface area contributed by atoms with Crippen molar-refractivity contribution >= 4 is 40.6 Å². The number of halogens is 1. The van der Waals surface area contributed by atoms with Gasteiger partial charge in [0.05, 0.1) is 16.9 Å². The molecule has 2 heterocycles. The van der Waals surface area contributed by atoms with Crippen LogP contribution < -0.4 is 10.9 Å². The molecule has 1 amide bonds. The molecule has 1 unspecified atom stereocenters. The van der Waals surface area contributed by atoms with Gasteiger partial charge < -0.3 is 10.3 Å². The highest BCUT2D eigenvalue weighted by Gasteiger charge is 2.24. The van der Waals surface area contributed by atoms with Gasteiger partial charge in [-0.2, -0.15) is 0 Å². The number of aromatic nitrogens is 2. The summed E-state index contributed by atoms with van der Waals surface area (Å²) in [5.41, 5.74) is 1.84. The normalized spacial score (nSPS) is 15.0. The van der Waals surface area contributed by atoms with Crippen LogP contribution in [0.2, 0.25) is 5.02 Å². The monoisotopic (exact) mass is 498 g/mol. The van der Waals surface area contributed by atoms with Gasteiger partial charge in [0.25, 0.3) is 5.56 Å². The van der Waals surface area contributed by atoms with Crippen LogP contribution in [0.4, 0.5) is 0 Å². The first kappa shape index (κ1) is 24.6. The Morgan fingerprint density at radius 3 is 2.68 bits per heavy atom. The van der Waals surface area contributed by atoms with Crippen molar-refractivity contribution in [2.75, 3.05) is 19.6 Å². The van der Waals surface area contributed by atoms with Gasteiger partial charge in [0.2, 0.25) is 5.91 Å². The summed E-state index contributed by atoms with van der Waals surface area (Å²) in [6.07, 6.45) is 5.27. The van der Waals surface area contributed by atoms with E-state index in [0.29, 0.717) is 29.7 Å². The number of rotatable bonds is 10. The minimum absolute atomic E-state index is 0.0615. The summed E-state index contributed by atoms with van der Waals surface area (Å²) >= 11 is 11.6. The van der Waals surface area contributed by atoms with Crippen molar-refractivity contribution in [3.63, 3.8) is 0 Å². The summed E-state index contributed by atoms with van der Waals surface area (Å²) in [5, 5.41) is 4.49. The number of carbonyl (C=O) groups excluding carboxylic acids is 1. The molecule has 1 atom stereocenters. The number of benzene rings is 2. The van der Waals surface area contributed by atoms with E-state index in [1.54, 1.807) is 4.57 Å². The van der Waals surface area contributed by atoms with Crippen molar-refractivity contribution in [3.8, 4) is 0 Å². The number of para-hydroxylation sites is 1. The fourth-order valence-electron chi connectivity index (χ4n) is 4.66.